The van der Waals surface area contributed by atoms with E-state index < -0.39 is 10.0 Å². The van der Waals surface area contributed by atoms with Gasteiger partial charge in [-0.1, -0.05) is 6.58 Å². The Balaban J connectivity index is 1.60. The topological polar surface area (TPSA) is 101 Å². The van der Waals surface area contributed by atoms with Crippen molar-refractivity contribution in [1.82, 2.24) is 19.6 Å². The second-order valence-electron chi connectivity index (χ2n) is 6.87. The Hall–Kier alpha value is -2.78. The molecule has 1 aromatic heterocycles. The van der Waals surface area contributed by atoms with Crippen molar-refractivity contribution < 1.29 is 17.9 Å². The third-order valence-electron chi connectivity index (χ3n) is 4.74. The molecule has 0 radical (unpaired) electrons. The van der Waals surface area contributed by atoms with Gasteiger partial charge in [-0.25, -0.2) is 13.4 Å². The summed E-state index contributed by atoms with van der Waals surface area (Å²) < 4.78 is 32.9. The van der Waals surface area contributed by atoms with Crippen molar-refractivity contribution >= 4 is 15.9 Å². The first-order valence-electron chi connectivity index (χ1n) is 9.35. The molecular weight excluding hydrogens is 392 g/mol. The summed E-state index contributed by atoms with van der Waals surface area (Å²) in [5.74, 6) is 0.891. The van der Waals surface area contributed by atoms with Crippen LogP contribution in [0.5, 0.6) is 11.6 Å². The Morgan fingerprint density at radius 2 is 1.97 bits per heavy atom. The molecule has 0 bridgehead atoms. The molecular formula is C20H24N4O4S. The van der Waals surface area contributed by atoms with E-state index in [2.05, 4.69) is 21.9 Å². The average molecular weight is 417 g/mol. The Morgan fingerprint density at radius 3 is 2.59 bits per heavy atom. The number of aryl methyl sites for hydroxylation is 1. The van der Waals surface area contributed by atoms with Gasteiger partial charge in [0.15, 0.2) is 0 Å². The lowest BCUT2D eigenvalue weighted by molar-refractivity contribution is -0.116. The summed E-state index contributed by atoms with van der Waals surface area (Å²) in [6, 6.07) is 6.28. The average Bonchev–Trinajstić information content (AvgIpc) is 2.72. The van der Waals surface area contributed by atoms with Crippen LogP contribution in [0, 0.1) is 12.8 Å². The lowest BCUT2D eigenvalue weighted by Crippen LogP contribution is -2.41. The van der Waals surface area contributed by atoms with Crippen LogP contribution in [0.3, 0.4) is 0 Å². The van der Waals surface area contributed by atoms with Gasteiger partial charge in [0.2, 0.25) is 21.8 Å². The van der Waals surface area contributed by atoms with Gasteiger partial charge in [-0.2, -0.15) is 4.31 Å². The number of ether oxygens (including phenoxy) is 1. The zero-order chi connectivity index (χ0) is 20.9. The Kier molecular flexibility index (Phi) is 6.60. The summed E-state index contributed by atoms with van der Waals surface area (Å²) in [5.41, 5.74) is 0.731. The summed E-state index contributed by atoms with van der Waals surface area (Å²) >= 11 is 0. The minimum Gasteiger partial charge on any atom is -0.437 e. The van der Waals surface area contributed by atoms with Crippen LogP contribution in [-0.4, -0.2) is 48.2 Å². The second-order valence-corrected chi connectivity index (χ2v) is 8.81. The standard InChI is InChI=1S/C20H24N4O4S/c1-3-19(25)22-13-16-8-10-24(11-9-16)29(26,27)18-6-4-17(5-7-18)28-20-14-21-12-15(2)23-20/h3-7,12,14,16H,1,8-11,13H2,2H3,(H,22,25). The van der Waals surface area contributed by atoms with E-state index in [1.54, 1.807) is 18.3 Å². The number of sulfonamides is 1. The Labute approximate surface area is 170 Å². The number of rotatable bonds is 7. The second kappa shape index (κ2) is 9.15. The van der Waals surface area contributed by atoms with Crippen LogP contribution < -0.4 is 10.1 Å². The Morgan fingerprint density at radius 1 is 1.28 bits per heavy atom. The van der Waals surface area contributed by atoms with E-state index in [-0.39, 0.29) is 16.7 Å². The first kappa shape index (κ1) is 20.9. The van der Waals surface area contributed by atoms with Crippen molar-refractivity contribution in [3.63, 3.8) is 0 Å². The van der Waals surface area contributed by atoms with Crippen molar-refractivity contribution in [3.8, 4) is 11.6 Å². The molecule has 2 aromatic rings. The summed E-state index contributed by atoms with van der Waals surface area (Å²) in [6.07, 6.45) is 5.75. The first-order valence-corrected chi connectivity index (χ1v) is 10.8. The first-order chi connectivity index (χ1) is 13.9. The fraction of sp³-hybridized carbons (Fsp3) is 0.350. The molecule has 3 rings (SSSR count). The normalized spacial score (nSPS) is 15.6. The van der Waals surface area contributed by atoms with Crippen molar-refractivity contribution in [2.45, 2.75) is 24.7 Å². The van der Waals surface area contributed by atoms with Crippen LogP contribution in [0.4, 0.5) is 0 Å². The maximum Gasteiger partial charge on any atom is 0.243 e. The van der Waals surface area contributed by atoms with Gasteiger partial charge in [0, 0.05) is 25.8 Å². The Bertz CT molecular complexity index is 968. The van der Waals surface area contributed by atoms with Crippen LogP contribution >= 0.6 is 0 Å². The van der Waals surface area contributed by atoms with Crippen molar-refractivity contribution in [2.24, 2.45) is 5.92 Å². The molecule has 0 aliphatic carbocycles. The molecule has 1 saturated heterocycles. The number of hydrogen-bond acceptors (Lipinski definition) is 6. The molecule has 1 aromatic carbocycles. The molecule has 1 fully saturated rings. The van der Waals surface area contributed by atoms with E-state index in [9.17, 15) is 13.2 Å². The minimum atomic E-state index is -3.57. The van der Waals surface area contributed by atoms with Crippen molar-refractivity contribution in [2.75, 3.05) is 19.6 Å². The lowest BCUT2D eigenvalue weighted by Gasteiger charge is -2.31. The number of hydrogen-bond donors (Lipinski definition) is 1. The highest BCUT2D eigenvalue weighted by atomic mass is 32.2. The van der Waals surface area contributed by atoms with Crippen LogP contribution in [-0.2, 0) is 14.8 Å². The highest BCUT2D eigenvalue weighted by molar-refractivity contribution is 7.89. The zero-order valence-corrected chi connectivity index (χ0v) is 17.1. The number of benzene rings is 1. The largest absolute Gasteiger partial charge is 0.437 e. The van der Waals surface area contributed by atoms with Gasteiger partial charge in [0.05, 0.1) is 16.8 Å². The molecule has 1 aliphatic heterocycles. The van der Waals surface area contributed by atoms with E-state index in [4.69, 9.17) is 4.74 Å². The van der Waals surface area contributed by atoms with E-state index in [0.717, 1.165) is 5.69 Å². The summed E-state index contributed by atoms with van der Waals surface area (Å²) in [6.45, 7) is 6.62. The number of carbonyl (C=O) groups excluding carboxylic acids is 1. The number of carbonyl (C=O) groups is 1. The maximum atomic E-state index is 12.9. The molecule has 8 nitrogen and oxygen atoms in total. The molecule has 0 unspecified atom stereocenters. The molecule has 0 atom stereocenters. The van der Waals surface area contributed by atoms with Crippen molar-refractivity contribution in [3.05, 3.63) is 55.0 Å². The number of nitrogens with one attached hydrogen (secondary N) is 1. The van der Waals surface area contributed by atoms with Gasteiger partial charge >= 0.3 is 0 Å². The van der Waals surface area contributed by atoms with Gasteiger partial charge in [-0.3, -0.25) is 9.78 Å². The third-order valence-corrected chi connectivity index (χ3v) is 6.65. The summed E-state index contributed by atoms with van der Waals surface area (Å²) in [4.78, 5) is 19.7. The maximum absolute atomic E-state index is 12.9. The molecule has 1 N–H and O–H groups in total. The number of nitrogens with zero attached hydrogens (tertiary/aromatic N) is 3. The number of piperidine rings is 1. The van der Waals surface area contributed by atoms with Crippen LogP contribution in [0.1, 0.15) is 18.5 Å². The van der Waals surface area contributed by atoms with Crippen LogP contribution in [0.2, 0.25) is 0 Å². The molecule has 154 valence electrons. The van der Waals surface area contributed by atoms with E-state index in [1.165, 1.54) is 28.7 Å². The van der Waals surface area contributed by atoms with Gasteiger partial charge in [0.25, 0.3) is 0 Å². The SMILES string of the molecule is C=CC(=O)NCC1CCN(S(=O)(=O)c2ccc(Oc3cncc(C)n3)cc2)CC1. The molecule has 0 spiro atoms. The monoisotopic (exact) mass is 416 g/mol. The molecule has 29 heavy (non-hydrogen) atoms. The minimum absolute atomic E-state index is 0.209. The highest BCUT2D eigenvalue weighted by Crippen LogP contribution is 2.26. The van der Waals surface area contributed by atoms with Gasteiger partial charge in [-0.05, 0) is 56.0 Å². The molecule has 0 saturated carbocycles. The van der Waals surface area contributed by atoms with E-state index in [1.807, 2.05) is 6.92 Å². The molecule has 1 aliphatic rings. The molecule has 2 heterocycles. The predicted octanol–water partition coefficient (Wildman–Crippen LogP) is 2.28. The summed E-state index contributed by atoms with van der Waals surface area (Å²) in [5, 5.41) is 2.77. The van der Waals surface area contributed by atoms with E-state index in [0.29, 0.717) is 44.1 Å². The summed E-state index contributed by atoms with van der Waals surface area (Å²) in [7, 11) is -3.57. The fourth-order valence-corrected chi connectivity index (χ4v) is 4.58. The van der Waals surface area contributed by atoms with Gasteiger partial charge in [0.1, 0.15) is 5.75 Å². The van der Waals surface area contributed by atoms with Crippen LogP contribution in [0.15, 0.2) is 54.2 Å². The van der Waals surface area contributed by atoms with Crippen molar-refractivity contribution in [1.29, 1.82) is 0 Å². The highest BCUT2D eigenvalue weighted by Gasteiger charge is 2.29. The van der Waals surface area contributed by atoms with Crippen LogP contribution in [0.25, 0.3) is 0 Å². The number of aromatic nitrogens is 2. The molecule has 9 heteroatoms. The predicted molar refractivity (Wildman–Crippen MR) is 108 cm³/mol. The van der Waals surface area contributed by atoms with E-state index >= 15 is 0 Å². The molecule has 1 amide bonds. The number of amides is 1. The zero-order valence-electron chi connectivity index (χ0n) is 16.2. The lowest BCUT2D eigenvalue weighted by atomic mass is 9.98. The third kappa shape index (κ3) is 5.39. The quantitative estimate of drug-likeness (QED) is 0.695. The fourth-order valence-electron chi connectivity index (χ4n) is 3.11. The smallest absolute Gasteiger partial charge is 0.243 e. The van der Waals surface area contributed by atoms with Gasteiger partial charge < -0.3 is 10.1 Å². The van der Waals surface area contributed by atoms with Gasteiger partial charge in [-0.15, -0.1) is 0 Å².